The number of halogens is 1. The number of rotatable bonds is 2. The molecule has 1 aliphatic heterocycles. The molecule has 0 unspecified atom stereocenters. The molecular weight excluding hydrogens is 295 g/mol. The first-order valence-corrected chi connectivity index (χ1v) is 7.70. The summed E-state index contributed by atoms with van der Waals surface area (Å²) in [5, 5.41) is 8.87. The Bertz CT molecular complexity index is 712. The summed E-state index contributed by atoms with van der Waals surface area (Å²) in [6.45, 7) is 0. The average Bonchev–Trinajstić information content (AvgIpc) is 2.46. The molecule has 0 atom stereocenters. The maximum atomic E-state index is 14.0. The average molecular weight is 314 g/mol. The van der Waals surface area contributed by atoms with Gasteiger partial charge in [-0.1, -0.05) is 6.42 Å². The van der Waals surface area contributed by atoms with Crippen molar-refractivity contribution in [2.45, 2.75) is 44.2 Å². The van der Waals surface area contributed by atoms with Gasteiger partial charge in [0, 0.05) is 5.69 Å². The maximum Gasteiger partial charge on any atom is 0.220 e. The largest absolute Gasteiger partial charge is 0.369 e. The molecule has 4 N–H and O–H groups in total. The molecule has 0 bridgehead atoms. The van der Waals surface area contributed by atoms with E-state index in [9.17, 15) is 4.39 Å². The number of anilines is 1. The van der Waals surface area contributed by atoms with Crippen LogP contribution in [0.1, 0.15) is 37.7 Å². The number of benzene rings is 1. The fourth-order valence-electron chi connectivity index (χ4n) is 3.45. The van der Waals surface area contributed by atoms with Crippen LogP contribution in [0.5, 0.6) is 0 Å². The van der Waals surface area contributed by atoms with Crippen molar-refractivity contribution in [3.63, 3.8) is 0 Å². The summed E-state index contributed by atoms with van der Waals surface area (Å²) < 4.78 is 14.0. The standard InChI is InChI=1S/C16H19FN6/c17-12-8-11(4-7-18)9-13(10-12)23-15(20)21-14(19)22-16(23)5-2-1-3-6-16/h8-10H,1-6H2,(H4,19,20,21,22). The van der Waals surface area contributed by atoms with E-state index in [4.69, 9.17) is 16.7 Å². The summed E-state index contributed by atoms with van der Waals surface area (Å²) in [6.07, 6.45) is 4.84. The van der Waals surface area contributed by atoms with Gasteiger partial charge in [-0.3, -0.25) is 4.90 Å². The highest BCUT2D eigenvalue weighted by Crippen LogP contribution is 2.39. The normalized spacial score (nSPS) is 19.9. The third-order valence-corrected chi connectivity index (χ3v) is 4.34. The molecule has 1 aromatic carbocycles. The summed E-state index contributed by atoms with van der Waals surface area (Å²) in [4.78, 5) is 10.4. The number of nitriles is 1. The monoisotopic (exact) mass is 314 g/mol. The van der Waals surface area contributed by atoms with Crippen LogP contribution < -0.4 is 16.4 Å². The van der Waals surface area contributed by atoms with Crippen LogP contribution in [0, 0.1) is 17.1 Å². The van der Waals surface area contributed by atoms with Gasteiger partial charge in [0.05, 0.1) is 12.5 Å². The molecule has 1 saturated carbocycles. The van der Waals surface area contributed by atoms with Crippen molar-refractivity contribution in [1.29, 1.82) is 5.26 Å². The van der Waals surface area contributed by atoms with E-state index in [1.54, 1.807) is 11.0 Å². The Hall–Kier alpha value is -2.62. The van der Waals surface area contributed by atoms with Crippen LogP contribution in [-0.4, -0.2) is 17.6 Å². The lowest BCUT2D eigenvalue weighted by molar-refractivity contribution is 0.305. The first-order chi connectivity index (χ1) is 11.0. The fourth-order valence-corrected chi connectivity index (χ4v) is 3.45. The topological polar surface area (TPSA) is 104 Å². The quantitative estimate of drug-likeness (QED) is 0.871. The predicted molar refractivity (Wildman–Crippen MR) is 87.3 cm³/mol. The lowest BCUT2D eigenvalue weighted by atomic mass is 9.87. The van der Waals surface area contributed by atoms with Crippen LogP contribution in [0.4, 0.5) is 10.1 Å². The van der Waals surface area contributed by atoms with E-state index in [1.807, 2.05) is 6.07 Å². The highest BCUT2D eigenvalue weighted by molar-refractivity contribution is 6.05. The molecule has 6 nitrogen and oxygen atoms in total. The van der Waals surface area contributed by atoms with Crippen molar-refractivity contribution in [2.24, 2.45) is 21.5 Å². The highest BCUT2D eigenvalue weighted by atomic mass is 19.1. The third-order valence-electron chi connectivity index (χ3n) is 4.34. The van der Waals surface area contributed by atoms with Gasteiger partial charge in [0.1, 0.15) is 11.5 Å². The molecule has 1 aliphatic carbocycles. The number of hydrogen-bond acceptors (Lipinski definition) is 6. The minimum atomic E-state index is -0.605. The van der Waals surface area contributed by atoms with Gasteiger partial charge < -0.3 is 11.5 Å². The summed E-state index contributed by atoms with van der Waals surface area (Å²) >= 11 is 0. The predicted octanol–water partition coefficient (Wildman–Crippen LogP) is 2.00. The minimum Gasteiger partial charge on any atom is -0.369 e. The second kappa shape index (κ2) is 5.88. The molecule has 1 fully saturated rings. The molecule has 3 rings (SSSR count). The second-order valence-electron chi connectivity index (χ2n) is 5.97. The van der Waals surface area contributed by atoms with Crippen molar-refractivity contribution in [3.05, 3.63) is 29.6 Å². The number of nitrogens with two attached hydrogens (primary N) is 2. The van der Waals surface area contributed by atoms with Crippen molar-refractivity contribution in [1.82, 2.24) is 0 Å². The van der Waals surface area contributed by atoms with Gasteiger partial charge in [-0.15, -0.1) is 0 Å². The van der Waals surface area contributed by atoms with E-state index < -0.39 is 11.5 Å². The molecule has 0 amide bonds. The van der Waals surface area contributed by atoms with Gasteiger partial charge in [0.2, 0.25) is 11.9 Å². The van der Waals surface area contributed by atoms with Crippen LogP contribution in [0.15, 0.2) is 28.2 Å². The molecule has 1 heterocycles. The van der Waals surface area contributed by atoms with E-state index >= 15 is 0 Å². The molecule has 23 heavy (non-hydrogen) atoms. The third kappa shape index (κ3) is 2.84. The van der Waals surface area contributed by atoms with Gasteiger partial charge in [-0.05, 0) is 49.4 Å². The Kier molecular flexibility index (Phi) is 3.90. The molecule has 2 aliphatic rings. The SMILES string of the molecule is N#CCc1cc(F)cc(N2C(N)=NC(N)=NC23CCCCC3)c1. The Morgan fingerprint density at radius 1 is 1.22 bits per heavy atom. The summed E-state index contributed by atoms with van der Waals surface area (Å²) in [6, 6.07) is 6.56. The molecule has 1 spiro atoms. The van der Waals surface area contributed by atoms with Gasteiger partial charge >= 0.3 is 0 Å². The number of aliphatic imine (C=N–C) groups is 2. The number of nitrogens with zero attached hydrogens (tertiary/aromatic N) is 4. The fraction of sp³-hybridized carbons (Fsp3) is 0.438. The zero-order chi connectivity index (χ0) is 16.4. The Balaban J connectivity index is 2.09. The Morgan fingerprint density at radius 3 is 2.65 bits per heavy atom. The number of guanidine groups is 2. The van der Waals surface area contributed by atoms with Crippen molar-refractivity contribution >= 4 is 17.6 Å². The summed E-state index contributed by atoms with van der Waals surface area (Å²) in [7, 11) is 0. The minimum absolute atomic E-state index is 0.133. The first kappa shape index (κ1) is 15.3. The molecule has 0 aromatic heterocycles. The summed E-state index contributed by atoms with van der Waals surface area (Å²) in [5.74, 6) is -0.0313. The molecule has 0 saturated heterocycles. The second-order valence-corrected chi connectivity index (χ2v) is 5.97. The maximum absolute atomic E-state index is 14.0. The van der Waals surface area contributed by atoms with Crippen LogP contribution in [0.25, 0.3) is 0 Å². The molecular formula is C16H19FN6. The van der Waals surface area contributed by atoms with Crippen LogP contribution >= 0.6 is 0 Å². The number of hydrogen-bond donors (Lipinski definition) is 2. The van der Waals surface area contributed by atoms with Crippen LogP contribution in [0.2, 0.25) is 0 Å². The Labute approximate surface area is 134 Å². The van der Waals surface area contributed by atoms with E-state index in [2.05, 4.69) is 9.98 Å². The van der Waals surface area contributed by atoms with Crippen molar-refractivity contribution in [2.75, 3.05) is 4.90 Å². The van der Waals surface area contributed by atoms with Gasteiger partial charge in [0.15, 0.2) is 0 Å². The van der Waals surface area contributed by atoms with E-state index in [0.717, 1.165) is 32.1 Å². The molecule has 7 heteroatoms. The van der Waals surface area contributed by atoms with Crippen molar-refractivity contribution in [3.8, 4) is 6.07 Å². The summed E-state index contributed by atoms with van der Waals surface area (Å²) in [5.41, 5.74) is 12.5. The first-order valence-electron chi connectivity index (χ1n) is 7.70. The van der Waals surface area contributed by atoms with Gasteiger partial charge in [-0.2, -0.15) is 10.3 Å². The lowest BCUT2D eigenvalue weighted by Crippen LogP contribution is -2.58. The van der Waals surface area contributed by atoms with E-state index in [1.165, 1.54) is 12.1 Å². The van der Waals surface area contributed by atoms with Crippen LogP contribution in [0.3, 0.4) is 0 Å². The highest BCUT2D eigenvalue weighted by Gasteiger charge is 2.42. The van der Waals surface area contributed by atoms with Gasteiger partial charge in [-0.25, -0.2) is 9.38 Å². The van der Waals surface area contributed by atoms with Crippen molar-refractivity contribution < 1.29 is 4.39 Å². The molecule has 1 aromatic rings. The Morgan fingerprint density at radius 2 is 1.96 bits per heavy atom. The van der Waals surface area contributed by atoms with E-state index in [0.29, 0.717) is 11.3 Å². The lowest BCUT2D eigenvalue weighted by Gasteiger charge is -2.45. The van der Waals surface area contributed by atoms with E-state index in [-0.39, 0.29) is 18.3 Å². The zero-order valence-corrected chi connectivity index (χ0v) is 12.8. The smallest absolute Gasteiger partial charge is 0.220 e. The van der Waals surface area contributed by atoms with Gasteiger partial charge in [0.25, 0.3) is 0 Å². The zero-order valence-electron chi connectivity index (χ0n) is 12.8. The molecule has 120 valence electrons. The molecule has 0 radical (unpaired) electrons. The van der Waals surface area contributed by atoms with Crippen LogP contribution in [-0.2, 0) is 6.42 Å².